The molecular formula is C8H9NS. The molecule has 52 valence electrons. The van der Waals surface area contributed by atoms with Crippen molar-refractivity contribution in [1.82, 2.24) is 0 Å². The molecule has 0 N–H and O–H groups in total. The third kappa shape index (κ3) is 0.845. The number of nitrogens with zero attached hydrogens (tertiary/aromatic N) is 1. The number of allylic oxidation sites excluding steroid dienone is 1. The first-order valence-electron chi connectivity index (χ1n) is 3.65. The van der Waals surface area contributed by atoms with Gasteiger partial charge in [0.2, 0.25) is 0 Å². The van der Waals surface area contributed by atoms with E-state index in [4.69, 9.17) is 0 Å². The van der Waals surface area contributed by atoms with Crippen LogP contribution in [0.25, 0.3) is 0 Å². The number of aliphatic imine (C=N–C) groups is 1. The zero-order valence-corrected chi connectivity index (χ0v) is 6.47. The molecule has 2 aliphatic rings. The Labute approximate surface area is 65.8 Å². The Kier molecular flexibility index (Phi) is 1.44. The first kappa shape index (κ1) is 6.26. The van der Waals surface area contributed by atoms with Crippen molar-refractivity contribution in [2.24, 2.45) is 16.8 Å². The predicted molar refractivity (Wildman–Crippen MR) is 44.2 cm³/mol. The zero-order chi connectivity index (χ0) is 6.97. The van der Waals surface area contributed by atoms with Gasteiger partial charge in [-0.05, 0) is 31.0 Å². The van der Waals surface area contributed by atoms with E-state index in [-0.39, 0.29) is 0 Å². The molecule has 0 aromatic heterocycles. The molecule has 2 bridgehead atoms. The van der Waals surface area contributed by atoms with Gasteiger partial charge in [0.15, 0.2) is 0 Å². The lowest BCUT2D eigenvalue weighted by Gasteiger charge is -2.09. The van der Waals surface area contributed by atoms with Crippen molar-refractivity contribution in [3.63, 3.8) is 0 Å². The van der Waals surface area contributed by atoms with Gasteiger partial charge in [-0.3, -0.25) is 0 Å². The molecule has 0 aromatic carbocycles. The molecule has 0 aromatic rings. The quantitative estimate of drug-likeness (QED) is 0.317. The molecule has 2 rings (SSSR count). The molecule has 0 spiro atoms. The van der Waals surface area contributed by atoms with Crippen LogP contribution in [0, 0.1) is 11.8 Å². The molecule has 0 aliphatic heterocycles. The fraction of sp³-hybridized carbons (Fsp3) is 0.625. The average Bonchev–Trinajstić information content (AvgIpc) is 2.48. The fourth-order valence-electron chi connectivity index (χ4n) is 1.97. The molecule has 10 heavy (non-hydrogen) atoms. The normalized spacial score (nSPS) is 41.8. The van der Waals surface area contributed by atoms with E-state index in [1.807, 2.05) is 0 Å². The van der Waals surface area contributed by atoms with Crippen LogP contribution in [0.3, 0.4) is 0 Å². The van der Waals surface area contributed by atoms with Gasteiger partial charge in [-0.25, -0.2) is 4.99 Å². The summed E-state index contributed by atoms with van der Waals surface area (Å²) in [4.78, 5) is 4.12. The highest BCUT2D eigenvalue weighted by Crippen LogP contribution is 2.40. The molecule has 2 aliphatic carbocycles. The summed E-state index contributed by atoms with van der Waals surface area (Å²) in [5.41, 5.74) is 0. The van der Waals surface area contributed by atoms with Crippen molar-refractivity contribution in [2.45, 2.75) is 18.9 Å². The molecule has 0 unspecified atom stereocenters. The van der Waals surface area contributed by atoms with Crippen molar-refractivity contribution in [1.29, 1.82) is 0 Å². The van der Waals surface area contributed by atoms with Crippen molar-refractivity contribution < 1.29 is 0 Å². The van der Waals surface area contributed by atoms with E-state index in [1.165, 1.54) is 12.8 Å². The Bertz CT molecular complexity index is 215. The molecule has 0 amide bonds. The lowest BCUT2D eigenvalue weighted by Crippen LogP contribution is -2.09. The van der Waals surface area contributed by atoms with Crippen LogP contribution in [-0.4, -0.2) is 11.2 Å². The predicted octanol–water partition coefficient (Wildman–Crippen LogP) is 2.05. The van der Waals surface area contributed by atoms with Gasteiger partial charge in [-0.1, -0.05) is 12.2 Å². The van der Waals surface area contributed by atoms with Crippen LogP contribution in [0.2, 0.25) is 0 Å². The summed E-state index contributed by atoms with van der Waals surface area (Å²) in [5, 5.41) is 2.47. The summed E-state index contributed by atoms with van der Waals surface area (Å²) in [6.07, 6.45) is 7.07. The number of isothiocyanates is 1. The number of hydrogen-bond donors (Lipinski definition) is 0. The molecule has 0 radical (unpaired) electrons. The second kappa shape index (κ2) is 2.30. The Morgan fingerprint density at radius 1 is 1.40 bits per heavy atom. The van der Waals surface area contributed by atoms with E-state index in [9.17, 15) is 0 Å². The van der Waals surface area contributed by atoms with E-state index in [2.05, 4.69) is 34.5 Å². The van der Waals surface area contributed by atoms with Crippen LogP contribution >= 0.6 is 12.2 Å². The van der Waals surface area contributed by atoms with Gasteiger partial charge in [-0.2, -0.15) is 0 Å². The fourth-order valence-corrected chi connectivity index (χ4v) is 2.10. The minimum atomic E-state index is 0.465. The lowest BCUT2D eigenvalue weighted by molar-refractivity contribution is 0.582. The molecule has 0 heterocycles. The first-order chi connectivity index (χ1) is 4.90. The highest BCUT2D eigenvalue weighted by atomic mass is 32.1. The second-order valence-electron chi connectivity index (χ2n) is 3.07. The number of rotatable bonds is 1. The second-order valence-corrected chi connectivity index (χ2v) is 3.25. The summed E-state index contributed by atoms with van der Waals surface area (Å²) in [5.74, 6) is 1.47. The van der Waals surface area contributed by atoms with Crippen molar-refractivity contribution >= 4 is 17.4 Å². The largest absolute Gasteiger partial charge is 0.229 e. The summed E-state index contributed by atoms with van der Waals surface area (Å²) < 4.78 is 0. The first-order valence-corrected chi connectivity index (χ1v) is 4.06. The van der Waals surface area contributed by atoms with E-state index >= 15 is 0 Å². The van der Waals surface area contributed by atoms with Crippen LogP contribution < -0.4 is 0 Å². The smallest absolute Gasteiger partial charge is 0.0671 e. The maximum atomic E-state index is 4.56. The Morgan fingerprint density at radius 2 is 2.30 bits per heavy atom. The minimum absolute atomic E-state index is 0.465. The van der Waals surface area contributed by atoms with E-state index in [1.54, 1.807) is 0 Å². The third-order valence-corrected chi connectivity index (χ3v) is 2.57. The van der Waals surface area contributed by atoms with Crippen LogP contribution in [0.15, 0.2) is 17.1 Å². The molecule has 3 atom stereocenters. The highest BCUT2D eigenvalue weighted by Gasteiger charge is 2.35. The number of hydrogen-bond acceptors (Lipinski definition) is 2. The molecular weight excluding hydrogens is 142 g/mol. The molecule has 0 saturated heterocycles. The van der Waals surface area contributed by atoms with Gasteiger partial charge in [0.05, 0.1) is 11.2 Å². The van der Waals surface area contributed by atoms with E-state index in [0.29, 0.717) is 12.0 Å². The van der Waals surface area contributed by atoms with Gasteiger partial charge in [0.25, 0.3) is 0 Å². The summed E-state index contributed by atoms with van der Waals surface area (Å²) >= 11 is 4.56. The summed E-state index contributed by atoms with van der Waals surface area (Å²) in [6.45, 7) is 0. The Hall–Kier alpha value is -0.460. The standard InChI is InChI=1S/C8H9NS/c10-5-9-8-4-6-1-2-7(8)3-6/h1-2,6-8H,3-4H2/t6-,7+,8-/m0/s1. The van der Waals surface area contributed by atoms with Crippen molar-refractivity contribution in [3.8, 4) is 0 Å². The SMILES string of the molecule is S=C=N[C@H]1C[C@H]2C=C[C@@H]1C2. The van der Waals surface area contributed by atoms with Crippen LogP contribution in [0.1, 0.15) is 12.8 Å². The molecule has 1 fully saturated rings. The van der Waals surface area contributed by atoms with Gasteiger partial charge in [0, 0.05) is 5.92 Å². The average molecular weight is 151 g/mol. The zero-order valence-electron chi connectivity index (χ0n) is 5.66. The maximum absolute atomic E-state index is 4.56. The minimum Gasteiger partial charge on any atom is -0.229 e. The van der Waals surface area contributed by atoms with Gasteiger partial charge >= 0.3 is 0 Å². The van der Waals surface area contributed by atoms with E-state index in [0.717, 1.165) is 5.92 Å². The summed E-state index contributed by atoms with van der Waals surface area (Å²) in [6, 6.07) is 0.465. The lowest BCUT2D eigenvalue weighted by atomic mass is 10.0. The third-order valence-electron chi connectivity index (χ3n) is 2.46. The Balaban J connectivity index is 2.16. The molecule has 2 heteroatoms. The Morgan fingerprint density at radius 3 is 2.80 bits per heavy atom. The topological polar surface area (TPSA) is 12.4 Å². The van der Waals surface area contributed by atoms with Gasteiger partial charge in [-0.15, -0.1) is 0 Å². The van der Waals surface area contributed by atoms with Crippen LogP contribution in [0.5, 0.6) is 0 Å². The van der Waals surface area contributed by atoms with Crippen LogP contribution in [-0.2, 0) is 0 Å². The molecule has 1 saturated carbocycles. The van der Waals surface area contributed by atoms with Crippen molar-refractivity contribution in [3.05, 3.63) is 12.2 Å². The maximum Gasteiger partial charge on any atom is 0.0671 e. The van der Waals surface area contributed by atoms with Crippen molar-refractivity contribution in [2.75, 3.05) is 0 Å². The highest BCUT2D eigenvalue weighted by molar-refractivity contribution is 7.78. The van der Waals surface area contributed by atoms with E-state index < -0.39 is 0 Å². The number of fused-ring (bicyclic) bond motifs is 2. The monoisotopic (exact) mass is 151 g/mol. The summed E-state index contributed by atoms with van der Waals surface area (Å²) in [7, 11) is 0. The molecule has 1 nitrogen and oxygen atoms in total. The van der Waals surface area contributed by atoms with Crippen LogP contribution in [0.4, 0.5) is 0 Å². The van der Waals surface area contributed by atoms with Gasteiger partial charge in [0.1, 0.15) is 0 Å². The van der Waals surface area contributed by atoms with Gasteiger partial charge < -0.3 is 0 Å². The number of thiocarbonyl (C=S) groups is 1.